The largest absolute Gasteiger partial charge is 0.390 e. The summed E-state index contributed by atoms with van der Waals surface area (Å²) in [6.45, 7) is 10.4. The molecule has 0 bridgehead atoms. The molecule has 0 aromatic carbocycles. The van der Waals surface area contributed by atoms with Crippen molar-refractivity contribution in [2.24, 2.45) is 11.8 Å². The van der Waals surface area contributed by atoms with Crippen molar-refractivity contribution in [2.45, 2.75) is 45.8 Å². The predicted molar refractivity (Wildman–Crippen MR) is 90.7 cm³/mol. The molecule has 1 aromatic rings. The molecule has 1 aliphatic heterocycles. The summed E-state index contributed by atoms with van der Waals surface area (Å²) in [6.07, 6.45) is 5.91. The van der Waals surface area contributed by atoms with Crippen LogP contribution in [0.5, 0.6) is 0 Å². The number of aliphatic hydroxyl groups excluding tert-OH is 1. The van der Waals surface area contributed by atoms with E-state index in [4.69, 9.17) is 0 Å². The number of aromatic nitrogens is 1. The number of rotatable bonds is 7. The number of nitrogens with one attached hydrogen (secondary N) is 1. The molecule has 2 rings (SSSR count). The van der Waals surface area contributed by atoms with E-state index in [1.165, 1.54) is 18.4 Å². The lowest BCUT2D eigenvalue weighted by Gasteiger charge is -2.32. The van der Waals surface area contributed by atoms with Crippen molar-refractivity contribution >= 4 is 0 Å². The van der Waals surface area contributed by atoms with E-state index in [1.54, 1.807) is 6.20 Å². The first-order chi connectivity index (χ1) is 10.6. The Morgan fingerprint density at radius 3 is 2.68 bits per heavy atom. The van der Waals surface area contributed by atoms with Crippen molar-refractivity contribution < 1.29 is 5.11 Å². The number of piperidine rings is 1. The number of hydrogen-bond acceptors (Lipinski definition) is 4. The molecule has 0 amide bonds. The van der Waals surface area contributed by atoms with Gasteiger partial charge in [0.25, 0.3) is 0 Å². The van der Waals surface area contributed by atoms with E-state index in [2.05, 4.69) is 42.0 Å². The van der Waals surface area contributed by atoms with Gasteiger partial charge in [0.05, 0.1) is 6.10 Å². The van der Waals surface area contributed by atoms with Crippen molar-refractivity contribution in [2.75, 3.05) is 26.2 Å². The zero-order chi connectivity index (χ0) is 15.9. The maximum Gasteiger partial charge on any atom is 0.0791 e. The van der Waals surface area contributed by atoms with E-state index < -0.39 is 0 Å². The van der Waals surface area contributed by atoms with Crippen molar-refractivity contribution in [3.63, 3.8) is 0 Å². The van der Waals surface area contributed by atoms with Crippen LogP contribution >= 0.6 is 0 Å². The molecule has 2 N–H and O–H groups in total. The highest BCUT2D eigenvalue weighted by atomic mass is 16.3. The summed E-state index contributed by atoms with van der Waals surface area (Å²) in [4.78, 5) is 6.59. The normalized spacial score (nSPS) is 20.2. The predicted octanol–water partition coefficient (Wildman–Crippen LogP) is 2.46. The molecule has 4 nitrogen and oxygen atoms in total. The van der Waals surface area contributed by atoms with E-state index in [0.717, 1.165) is 25.6 Å². The topological polar surface area (TPSA) is 48.4 Å². The Kier molecular flexibility index (Phi) is 6.80. The second kappa shape index (κ2) is 8.61. The van der Waals surface area contributed by atoms with Crippen LogP contribution in [-0.2, 0) is 0 Å². The molecule has 0 saturated carbocycles. The van der Waals surface area contributed by atoms with Gasteiger partial charge in [0.2, 0.25) is 0 Å². The average molecular weight is 305 g/mol. The highest BCUT2D eigenvalue weighted by Crippen LogP contribution is 2.20. The fourth-order valence-electron chi connectivity index (χ4n) is 3.17. The first-order valence-corrected chi connectivity index (χ1v) is 8.60. The highest BCUT2D eigenvalue weighted by molar-refractivity contribution is 5.14. The Labute approximate surface area is 134 Å². The molecule has 22 heavy (non-hydrogen) atoms. The minimum atomic E-state index is -0.314. The second-order valence-corrected chi connectivity index (χ2v) is 7.05. The third-order valence-electron chi connectivity index (χ3n) is 4.63. The van der Waals surface area contributed by atoms with Gasteiger partial charge in [-0.1, -0.05) is 26.8 Å². The van der Waals surface area contributed by atoms with Crippen LogP contribution in [0.4, 0.5) is 0 Å². The molecular weight excluding hydrogens is 274 g/mol. The zero-order valence-electron chi connectivity index (χ0n) is 14.2. The van der Waals surface area contributed by atoms with Gasteiger partial charge in [-0.3, -0.25) is 4.98 Å². The summed E-state index contributed by atoms with van der Waals surface area (Å²) in [6, 6.07) is 4.31. The van der Waals surface area contributed by atoms with E-state index >= 15 is 0 Å². The molecule has 1 aliphatic rings. The standard InChI is InChI=1S/C18H31N3O/c1-14(2)18(16-5-4-8-19-11-16)20-12-17(22)13-21-9-6-15(3)7-10-21/h4-5,8,11,14-15,17-18,20,22H,6-7,9-10,12-13H2,1-3H3. The molecule has 2 heterocycles. The number of hydrogen-bond donors (Lipinski definition) is 2. The quantitative estimate of drug-likeness (QED) is 0.812. The van der Waals surface area contributed by atoms with Gasteiger partial charge in [-0.05, 0) is 49.4 Å². The van der Waals surface area contributed by atoms with Gasteiger partial charge in [-0.25, -0.2) is 0 Å². The van der Waals surface area contributed by atoms with E-state index in [0.29, 0.717) is 12.5 Å². The van der Waals surface area contributed by atoms with Crippen molar-refractivity contribution in [3.8, 4) is 0 Å². The first kappa shape index (κ1) is 17.4. The highest BCUT2D eigenvalue weighted by Gasteiger charge is 2.20. The zero-order valence-corrected chi connectivity index (χ0v) is 14.2. The fraction of sp³-hybridized carbons (Fsp3) is 0.722. The van der Waals surface area contributed by atoms with Crippen molar-refractivity contribution in [1.29, 1.82) is 0 Å². The van der Waals surface area contributed by atoms with Crippen LogP contribution in [0, 0.1) is 11.8 Å². The summed E-state index contributed by atoms with van der Waals surface area (Å²) in [5.41, 5.74) is 1.19. The summed E-state index contributed by atoms with van der Waals surface area (Å²) < 4.78 is 0. The Hall–Kier alpha value is -0.970. The van der Waals surface area contributed by atoms with Gasteiger partial charge >= 0.3 is 0 Å². The van der Waals surface area contributed by atoms with E-state index in [-0.39, 0.29) is 12.1 Å². The van der Waals surface area contributed by atoms with Gasteiger partial charge < -0.3 is 15.3 Å². The van der Waals surface area contributed by atoms with Gasteiger partial charge in [-0.2, -0.15) is 0 Å². The molecule has 2 unspecified atom stereocenters. The lowest BCUT2D eigenvalue weighted by molar-refractivity contribution is 0.0874. The summed E-state index contributed by atoms with van der Waals surface area (Å²) >= 11 is 0. The minimum Gasteiger partial charge on any atom is -0.390 e. The van der Waals surface area contributed by atoms with Gasteiger partial charge in [-0.15, -0.1) is 0 Å². The van der Waals surface area contributed by atoms with Gasteiger partial charge in [0, 0.05) is 31.5 Å². The third-order valence-corrected chi connectivity index (χ3v) is 4.63. The molecule has 0 aliphatic carbocycles. The first-order valence-electron chi connectivity index (χ1n) is 8.60. The van der Waals surface area contributed by atoms with E-state index in [1.807, 2.05) is 12.3 Å². The van der Waals surface area contributed by atoms with Crippen LogP contribution in [0.25, 0.3) is 0 Å². The number of aliphatic hydroxyl groups is 1. The Balaban J connectivity index is 1.79. The average Bonchev–Trinajstić information content (AvgIpc) is 2.50. The summed E-state index contributed by atoms with van der Waals surface area (Å²) in [5, 5.41) is 13.8. The molecule has 124 valence electrons. The lowest BCUT2D eigenvalue weighted by Crippen LogP contribution is -2.43. The van der Waals surface area contributed by atoms with Gasteiger partial charge in [0.1, 0.15) is 0 Å². The van der Waals surface area contributed by atoms with Crippen LogP contribution in [-0.4, -0.2) is 47.3 Å². The number of β-amino-alcohol motifs (C(OH)–C–C–N with tert-alkyl or cyclic N) is 1. The molecular formula is C18H31N3O. The molecule has 1 fully saturated rings. The van der Waals surface area contributed by atoms with Gasteiger partial charge in [0.15, 0.2) is 0 Å². The third kappa shape index (κ3) is 5.34. The van der Waals surface area contributed by atoms with Crippen molar-refractivity contribution in [1.82, 2.24) is 15.2 Å². The molecule has 1 aromatic heterocycles. The Morgan fingerprint density at radius 2 is 2.09 bits per heavy atom. The molecule has 0 radical (unpaired) electrons. The van der Waals surface area contributed by atoms with Crippen LogP contribution in [0.15, 0.2) is 24.5 Å². The number of nitrogens with zero attached hydrogens (tertiary/aromatic N) is 2. The smallest absolute Gasteiger partial charge is 0.0791 e. The SMILES string of the molecule is CC1CCN(CC(O)CNC(c2cccnc2)C(C)C)CC1. The molecule has 4 heteroatoms. The maximum atomic E-state index is 10.3. The molecule has 0 spiro atoms. The van der Waals surface area contributed by atoms with Crippen LogP contribution in [0.3, 0.4) is 0 Å². The van der Waals surface area contributed by atoms with Crippen LogP contribution in [0.1, 0.15) is 45.2 Å². The summed E-state index contributed by atoms with van der Waals surface area (Å²) in [5.74, 6) is 1.30. The molecule has 1 saturated heterocycles. The fourth-order valence-corrected chi connectivity index (χ4v) is 3.17. The van der Waals surface area contributed by atoms with E-state index in [9.17, 15) is 5.11 Å². The summed E-state index contributed by atoms with van der Waals surface area (Å²) in [7, 11) is 0. The lowest BCUT2D eigenvalue weighted by atomic mass is 9.97. The van der Waals surface area contributed by atoms with Crippen LogP contribution in [0.2, 0.25) is 0 Å². The number of likely N-dealkylation sites (tertiary alicyclic amines) is 1. The maximum absolute atomic E-state index is 10.3. The van der Waals surface area contributed by atoms with Crippen LogP contribution < -0.4 is 5.32 Å². The number of pyridine rings is 1. The minimum absolute atomic E-state index is 0.240. The molecule has 2 atom stereocenters. The second-order valence-electron chi connectivity index (χ2n) is 7.05. The monoisotopic (exact) mass is 305 g/mol. The Bertz CT molecular complexity index is 416. The van der Waals surface area contributed by atoms with Crippen molar-refractivity contribution in [3.05, 3.63) is 30.1 Å². The Morgan fingerprint density at radius 1 is 1.36 bits per heavy atom.